The summed E-state index contributed by atoms with van der Waals surface area (Å²) in [6.07, 6.45) is -9.93. The molecule has 40 heavy (non-hydrogen) atoms. The first kappa shape index (κ1) is 30.9. The molecule has 5 nitrogen and oxygen atoms in total. The molecule has 15 heteroatoms. The zero-order valence-corrected chi connectivity index (χ0v) is 22.7. The Bertz CT molecular complexity index is 1390. The van der Waals surface area contributed by atoms with Crippen molar-refractivity contribution < 1.29 is 48.6 Å². The summed E-state index contributed by atoms with van der Waals surface area (Å²) in [7, 11) is -3.45. The number of alkyl halides is 6. The lowest BCUT2D eigenvalue weighted by molar-refractivity contribution is -0.376. The fourth-order valence-electron chi connectivity index (χ4n) is 5.73. The largest absolute Gasteiger partial charge is 0.430 e. The molecular weight excluding hydrogens is 596 g/mol. The smallest absolute Gasteiger partial charge is 0.369 e. The molecule has 2 aliphatic heterocycles. The Morgan fingerprint density at radius 2 is 1.50 bits per heavy atom. The zero-order chi connectivity index (χ0) is 30.0. The fourth-order valence-corrected chi connectivity index (χ4v) is 7.44. The first-order valence-electron chi connectivity index (χ1n) is 12.2. The average Bonchev–Trinajstić information content (AvgIpc) is 3.11. The van der Waals surface area contributed by atoms with Gasteiger partial charge in [0.2, 0.25) is 10.0 Å². The second-order valence-corrected chi connectivity index (χ2v) is 12.4. The van der Waals surface area contributed by atoms with Gasteiger partial charge in [0.1, 0.15) is 11.6 Å². The maximum absolute atomic E-state index is 15.7. The maximum Gasteiger partial charge on any atom is 0.430 e. The van der Waals surface area contributed by atoms with Crippen LogP contribution in [0.25, 0.3) is 11.1 Å². The van der Waals surface area contributed by atoms with E-state index in [4.69, 9.17) is 11.6 Å². The number of benzene rings is 2. The lowest BCUT2D eigenvalue weighted by Gasteiger charge is -2.39. The number of hydrogen-bond donors (Lipinski definition) is 1. The van der Waals surface area contributed by atoms with Gasteiger partial charge in [0.05, 0.1) is 6.26 Å². The Balaban J connectivity index is 1.69. The van der Waals surface area contributed by atoms with E-state index in [0.717, 1.165) is 18.4 Å². The van der Waals surface area contributed by atoms with Crippen molar-refractivity contribution in [1.29, 1.82) is 0 Å². The molecule has 2 heterocycles. The van der Waals surface area contributed by atoms with Gasteiger partial charge in [-0.3, -0.25) is 4.90 Å². The molecule has 0 amide bonds. The van der Waals surface area contributed by atoms with Crippen molar-refractivity contribution in [2.45, 2.75) is 62.8 Å². The molecule has 2 atom stereocenters. The Kier molecular flexibility index (Phi) is 8.02. The maximum atomic E-state index is 15.7. The predicted octanol–water partition coefficient (Wildman–Crippen LogP) is 5.77. The number of halogens is 9. The molecule has 2 saturated heterocycles. The number of rotatable bonds is 6. The number of hydrogen-bond acceptors (Lipinski definition) is 4. The van der Waals surface area contributed by atoms with Crippen molar-refractivity contribution in [3.8, 4) is 11.1 Å². The van der Waals surface area contributed by atoms with Gasteiger partial charge >= 0.3 is 12.4 Å². The standard InChI is InChI=1S/C25H25ClF8N2O3S/c1-3-16-18(17-7-4-13(8-20(17)26)23(37,24(29,30)31)25(32,33)34)9-21(27)19(22(16)28)12-35-10-14-5-6-15(11-35)36(14)40(2,38)39/h4,7-9,14-15,37H,3,5-6,10-12H2,1-2H3. The number of likely N-dealkylation sites (tertiary alicyclic amines) is 1. The molecule has 4 rings (SSSR count). The predicted molar refractivity (Wildman–Crippen MR) is 131 cm³/mol. The van der Waals surface area contributed by atoms with Gasteiger partial charge in [-0.25, -0.2) is 17.2 Å². The molecule has 0 aromatic heterocycles. The summed E-state index contributed by atoms with van der Waals surface area (Å²) >= 11 is 6.04. The summed E-state index contributed by atoms with van der Waals surface area (Å²) in [4.78, 5) is 1.75. The van der Waals surface area contributed by atoms with Gasteiger partial charge in [-0.2, -0.15) is 30.6 Å². The minimum atomic E-state index is -6.13. The van der Waals surface area contributed by atoms with Gasteiger partial charge in [-0.15, -0.1) is 0 Å². The van der Waals surface area contributed by atoms with Gasteiger partial charge in [0, 0.05) is 53.4 Å². The van der Waals surface area contributed by atoms with Crippen LogP contribution in [-0.4, -0.2) is 66.5 Å². The molecule has 0 radical (unpaired) electrons. The third-order valence-electron chi connectivity index (χ3n) is 7.52. The molecule has 0 saturated carbocycles. The van der Waals surface area contributed by atoms with Gasteiger partial charge in [-0.05, 0) is 42.5 Å². The van der Waals surface area contributed by atoms with Gasteiger partial charge in [-0.1, -0.05) is 30.7 Å². The number of piperazine rings is 1. The Labute approximate surface area is 230 Å². The highest BCUT2D eigenvalue weighted by molar-refractivity contribution is 7.88. The van der Waals surface area contributed by atoms with Crippen molar-refractivity contribution in [3.05, 3.63) is 57.6 Å². The van der Waals surface area contributed by atoms with E-state index in [9.17, 15) is 39.9 Å². The topological polar surface area (TPSA) is 60.9 Å². The number of aliphatic hydroxyl groups is 1. The molecule has 2 unspecified atom stereocenters. The van der Waals surface area contributed by atoms with E-state index in [-0.39, 0.29) is 66.5 Å². The van der Waals surface area contributed by atoms with Crippen molar-refractivity contribution in [3.63, 3.8) is 0 Å². The Morgan fingerprint density at radius 1 is 0.950 bits per heavy atom. The summed E-state index contributed by atoms with van der Waals surface area (Å²) in [5, 5.41) is 8.97. The van der Waals surface area contributed by atoms with Crippen LogP contribution in [0.3, 0.4) is 0 Å². The molecule has 2 aliphatic rings. The average molecular weight is 621 g/mol. The van der Waals surface area contributed by atoms with Crippen LogP contribution in [0, 0.1) is 11.6 Å². The fraction of sp³-hybridized carbons (Fsp3) is 0.520. The molecule has 1 N–H and O–H groups in total. The van der Waals surface area contributed by atoms with E-state index in [2.05, 4.69) is 0 Å². The van der Waals surface area contributed by atoms with Crippen LogP contribution in [-0.2, 0) is 28.6 Å². The normalized spacial score (nSPS) is 21.3. The second kappa shape index (κ2) is 10.4. The van der Waals surface area contributed by atoms with E-state index in [1.54, 1.807) is 4.90 Å². The van der Waals surface area contributed by atoms with Crippen LogP contribution in [0.4, 0.5) is 35.1 Å². The highest BCUT2D eigenvalue weighted by Gasteiger charge is 2.71. The molecule has 222 valence electrons. The van der Waals surface area contributed by atoms with E-state index < -0.39 is 50.2 Å². The summed E-state index contributed by atoms with van der Waals surface area (Å²) in [6, 6.07) is 1.65. The van der Waals surface area contributed by atoms with E-state index in [0.29, 0.717) is 18.9 Å². The molecule has 0 spiro atoms. The third-order valence-corrected chi connectivity index (χ3v) is 9.20. The van der Waals surface area contributed by atoms with Gasteiger partial charge in [0.25, 0.3) is 5.60 Å². The molecule has 0 aliphatic carbocycles. The second-order valence-electron chi connectivity index (χ2n) is 10.1. The Morgan fingerprint density at radius 3 is 1.95 bits per heavy atom. The molecule has 2 bridgehead atoms. The SMILES string of the molecule is CCc1c(-c2ccc(C(O)(C(F)(F)F)C(F)(F)F)cc2Cl)cc(F)c(CN2CC3CCC(C2)N3S(C)(=O)=O)c1F. The zero-order valence-electron chi connectivity index (χ0n) is 21.2. The van der Waals surface area contributed by atoms with Crippen molar-refractivity contribution in [2.24, 2.45) is 0 Å². The summed E-state index contributed by atoms with van der Waals surface area (Å²) in [6.45, 7) is 1.88. The van der Waals surface area contributed by atoms with Gasteiger partial charge in [0.15, 0.2) is 0 Å². The van der Waals surface area contributed by atoms with Gasteiger partial charge < -0.3 is 5.11 Å². The van der Waals surface area contributed by atoms with Crippen LogP contribution >= 0.6 is 11.6 Å². The highest BCUT2D eigenvalue weighted by atomic mass is 35.5. The molecular formula is C25H25ClF8N2O3S. The minimum absolute atomic E-state index is 0.0192. The highest BCUT2D eigenvalue weighted by Crippen LogP contribution is 2.51. The van der Waals surface area contributed by atoms with E-state index >= 15 is 8.78 Å². The van der Waals surface area contributed by atoms with E-state index in [1.807, 2.05) is 0 Å². The van der Waals surface area contributed by atoms with E-state index in [1.165, 1.54) is 11.2 Å². The molecule has 2 aromatic carbocycles. The van der Waals surface area contributed by atoms with Crippen LogP contribution in [0.15, 0.2) is 24.3 Å². The number of fused-ring (bicyclic) bond motifs is 2. The monoisotopic (exact) mass is 620 g/mol. The lowest BCUT2D eigenvalue weighted by atomic mass is 9.89. The summed E-state index contributed by atoms with van der Waals surface area (Å²) in [5.41, 5.74) is -7.56. The van der Waals surface area contributed by atoms with Crippen molar-refractivity contribution in [1.82, 2.24) is 9.21 Å². The summed E-state index contributed by atoms with van der Waals surface area (Å²) < 4.78 is 136. The molecule has 2 fully saturated rings. The first-order chi connectivity index (χ1) is 18.3. The van der Waals surface area contributed by atoms with Crippen molar-refractivity contribution in [2.75, 3.05) is 19.3 Å². The minimum Gasteiger partial charge on any atom is -0.369 e. The molecule has 2 aromatic rings. The van der Waals surface area contributed by atoms with Crippen LogP contribution in [0.5, 0.6) is 0 Å². The van der Waals surface area contributed by atoms with Crippen LogP contribution in [0.2, 0.25) is 5.02 Å². The van der Waals surface area contributed by atoms with Crippen molar-refractivity contribution >= 4 is 21.6 Å². The number of nitrogens with zero attached hydrogens (tertiary/aromatic N) is 2. The lowest BCUT2D eigenvalue weighted by Crippen LogP contribution is -2.55. The number of sulfonamides is 1. The van der Waals surface area contributed by atoms with Crippen LogP contribution < -0.4 is 0 Å². The quantitative estimate of drug-likeness (QED) is 0.417. The first-order valence-corrected chi connectivity index (χ1v) is 14.4. The third kappa shape index (κ3) is 5.21. The summed E-state index contributed by atoms with van der Waals surface area (Å²) in [5.74, 6) is -1.96. The van der Waals surface area contributed by atoms with Crippen LogP contribution in [0.1, 0.15) is 36.5 Å². The Hall–Kier alpha value is -2.00.